The van der Waals surface area contributed by atoms with Crippen molar-refractivity contribution in [1.29, 1.82) is 0 Å². The molecule has 1 aromatic rings. The maximum absolute atomic E-state index is 12.7. The second-order valence-electron chi connectivity index (χ2n) is 7.93. The molecule has 2 aliphatic rings. The Balaban J connectivity index is 1.64. The molecule has 3 heterocycles. The summed E-state index contributed by atoms with van der Waals surface area (Å²) < 4.78 is 32.7. The van der Waals surface area contributed by atoms with Crippen LogP contribution in [0.15, 0.2) is 12.3 Å². The van der Waals surface area contributed by atoms with Gasteiger partial charge in [-0.15, -0.1) is 0 Å². The zero-order valence-electron chi connectivity index (χ0n) is 17.7. The van der Waals surface area contributed by atoms with Crippen LogP contribution in [0.4, 0.5) is 0 Å². The smallest absolute Gasteiger partial charge is 0.274 e. The molecule has 164 valence electrons. The van der Waals surface area contributed by atoms with Crippen molar-refractivity contribution in [2.24, 2.45) is 0 Å². The zero-order valence-corrected chi connectivity index (χ0v) is 18.5. The number of hydrogen-bond acceptors (Lipinski definition) is 6. The number of likely N-dealkylation sites (N-methyl/N-ethyl adjacent to an activating group) is 1. The minimum absolute atomic E-state index is 0.0895. The van der Waals surface area contributed by atoms with E-state index in [9.17, 15) is 13.2 Å². The van der Waals surface area contributed by atoms with E-state index in [0.717, 1.165) is 39.0 Å². The van der Waals surface area contributed by atoms with Crippen LogP contribution in [0.3, 0.4) is 0 Å². The molecule has 2 saturated heterocycles. The summed E-state index contributed by atoms with van der Waals surface area (Å²) in [5.74, 6) is -0.0895. The molecule has 29 heavy (non-hydrogen) atoms. The van der Waals surface area contributed by atoms with Gasteiger partial charge in [0.25, 0.3) is 5.91 Å². The fourth-order valence-electron chi connectivity index (χ4n) is 4.18. The summed E-state index contributed by atoms with van der Waals surface area (Å²) in [5.41, 5.74) is 0.455. The van der Waals surface area contributed by atoms with Gasteiger partial charge in [0.15, 0.2) is 0 Å². The third kappa shape index (κ3) is 5.56. The van der Waals surface area contributed by atoms with Gasteiger partial charge in [0.05, 0.1) is 6.26 Å². The molecule has 2 aliphatic heterocycles. The molecule has 2 fully saturated rings. The Morgan fingerprint density at radius 3 is 2.55 bits per heavy atom. The average Bonchev–Trinajstić information content (AvgIpc) is 3.38. The van der Waals surface area contributed by atoms with Gasteiger partial charge in [0.2, 0.25) is 10.0 Å². The highest BCUT2D eigenvalue weighted by Crippen LogP contribution is 2.24. The number of ether oxygens (including phenoxy) is 1. The highest BCUT2D eigenvalue weighted by Gasteiger charge is 2.36. The summed E-state index contributed by atoms with van der Waals surface area (Å²) in [7, 11) is -1.38. The van der Waals surface area contributed by atoms with Gasteiger partial charge in [-0.3, -0.25) is 14.4 Å². The highest BCUT2D eigenvalue weighted by molar-refractivity contribution is 7.88. The normalized spacial score (nSPS) is 21.7. The quantitative estimate of drug-likeness (QED) is 0.600. The fraction of sp³-hybridized carbons (Fsp3) is 0.789. The molecule has 0 saturated carbocycles. The molecule has 1 amide bonds. The first-order valence-corrected chi connectivity index (χ1v) is 12.2. The van der Waals surface area contributed by atoms with Crippen LogP contribution in [-0.4, -0.2) is 103 Å². The van der Waals surface area contributed by atoms with Crippen molar-refractivity contribution in [2.45, 2.75) is 44.8 Å². The predicted molar refractivity (Wildman–Crippen MR) is 110 cm³/mol. The van der Waals surface area contributed by atoms with Crippen LogP contribution in [0.25, 0.3) is 0 Å². The Hall–Kier alpha value is -1.49. The van der Waals surface area contributed by atoms with Crippen molar-refractivity contribution >= 4 is 15.9 Å². The Morgan fingerprint density at radius 2 is 1.97 bits per heavy atom. The van der Waals surface area contributed by atoms with E-state index in [1.165, 1.54) is 6.26 Å². The van der Waals surface area contributed by atoms with Crippen LogP contribution in [-0.2, 0) is 21.3 Å². The molecule has 0 spiro atoms. The van der Waals surface area contributed by atoms with E-state index >= 15 is 0 Å². The molecule has 3 rings (SSSR count). The van der Waals surface area contributed by atoms with E-state index in [-0.39, 0.29) is 11.9 Å². The van der Waals surface area contributed by atoms with Gasteiger partial charge in [0.1, 0.15) is 5.69 Å². The van der Waals surface area contributed by atoms with Crippen LogP contribution < -0.4 is 0 Å². The zero-order chi connectivity index (χ0) is 21.0. The van der Waals surface area contributed by atoms with Crippen LogP contribution in [0.5, 0.6) is 0 Å². The number of rotatable bonds is 8. The Morgan fingerprint density at radius 1 is 1.24 bits per heavy atom. The van der Waals surface area contributed by atoms with Crippen molar-refractivity contribution in [3.05, 3.63) is 18.0 Å². The van der Waals surface area contributed by atoms with Gasteiger partial charge in [-0.2, -0.15) is 5.10 Å². The largest absolute Gasteiger partial charge is 0.381 e. The first-order valence-electron chi connectivity index (χ1n) is 10.4. The average molecular weight is 428 g/mol. The number of aromatic nitrogens is 2. The van der Waals surface area contributed by atoms with E-state index in [1.54, 1.807) is 27.0 Å². The minimum atomic E-state index is -3.17. The number of carbonyl (C=O) groups excluding carboxylic acids is 1. The number of carbonyl (C=O) groups is 1. The van der Waals surface area contributed by atoms with Gasteiger partial charge in [0, 0.05) is 71.3 Å². The van der Waals surface area contributed by atoms with Gasteiger partial charge in [-0.25, -0.2) is 12.7 Å². The van der Waals surface area contributed by atoms with E-state index in [1.807, 2.05) is 13.1 Å². The van der Waals surface area contributed by atoms with Gasteiger partial charge in [-0.1, -0.05) is 0 Å². The molecule has 1 aromatic heterocycles. The van der Waals surface area contributed by atoms with Crippen molar-refractivity contribution in [1.82, 2.24) is 23.9 Å². The molecule has 0 aliphatic carbocycles. The fourth-order valence-corrected chi connectivity index (χ4v) is 5.06. The maximum Gasteiger partial charge on any atom is 0.274 e. The number of amides is 1. The molecule has 9 nitrogen and oxygen atoms in total. The predicted octanol–water partition coefficient (Wildman–Crippen LogP) is 0.490. The molecule has 1 atom stereocenters. The molecule has 0 bridgehead atoms. The highest BCUT2D eigenvalue weighted by atomic mass is 32.2. The molecule has 0 radical (unpaired) electrons. The van der Waals surface area contributed by atoms with E-state index in [2.05, 4.69) is 10.00 Å². The summed E-state index contributed by atoms with van der Waals surface area (Å²) >= 11 is 0. The van der Waals surface area contributed by atoms with E-state index in [4.69, 9.17) is 4.74 Å². The summed E-state index contributed by atoms with van der Waals surface area (Å²) in [5, 5.41) is 4.30. The van der Waals surface area contributed by atoms with E-state index in [0.29, 0.717) is 37.9 Å². The van der Waals surface area contributed by atoms with Crippen molar-refractivity contribution in [2.75, 3.05) is 52.7 Å². The summed E-state index contributed by atoms with van der Waals surface area (Å²) in [6.45, 7) is 6.54. The second-order valence-corrected chi connectivity index (χ2v) is 9.91. The van der Waals surface area contributed by atoms with Crippen molar-refractivity contribution in [3.63, 3.8) is 0 Å². The van der Waals surface area contributed by atoms with Crippen LogP contribution in [0.1, 0.15) is 36.7 Å². The topological polar surface area (TPSA) is 88.0 Å². The molecule has 0 aromatic carbocycles. The minimum Gasteiger partial charge on any atom is -0.381 e. The standard InChI is InChI=1S/C19H33N5O4S/c1-4-22-9-6-18(20-22)19(25)21(2)11-12-24(16-7-13-28-14-8-16)17-5-10-23(15-17)29(3,26)27/h6,9,16-17H,4-5,7-8,10-15H2,1-3H3. The monoisotopic (exact) mass is 427 g/mol. The summed E-state index contributed by atoms with van der Waals surface area (Å²) in [4.78, 5) is 16.8. The number of hydrogen-bond donors (Lipinski definition) is 0. The Kier molecular flexibility index (Phi) is 7.31. The lowest BCUT2D eigenvalue weighted by Gasteiger charge is -2.39. The van der Waals surface area contributed by atoms with Crippen LogP contribution in [0, 0.1) is 0 Å². The van der Waals surface area contributed by atoms with Crippen molar-refractivity contribution in [3.8, 4) is 0 Å². The van der Waals surface area contributed by atoms with Crippen molar-refractivity contribution < 1.29 is 17.9 Å². The third-order valence-corrected chi connectivity index (χ3v) is 7.22. The van der Waals surface area contributed by atoms with E-state index < -0.39 is 10.0 Å². The Labute approximate surface area is 173 Å². The number of sulfonamides is 1. The number of aryl methyl sites for hydroxylation is 1. The molecule has 10 heteroatoms. The first kappa shape index (κ1) is 22.2. The second kappa shape index (κ2) is 9.55. The van der Waals surface area contributed by atoms with Gasteiger partial charge >= 0.3 is 0 Å². The first-order chi connectivity index (χ1) is 13.8. The van der Waals surface area contributed by atoms with Crippen LogP contribution >= 0.6 is 0 Å². The van der Waals surface area contributed by atoms with Crippen LogP contribution in [0.2, 0.25) is 0 Å². The SMILES string of the molecule is CCn1ccc(C(=O)N(C)CCN(C2CCOCC2)C2CCN(S(C)(=O)=O)C2)n1. The lowest BCUT2D eigenvalue weighted by Crippen LogP contribution is -2.50. The molecular weight excluding hydrogens is 394 g/mol. The Bertz CT molecular complexity index is 790. The van der Waals surface area contributed by atoms with Gasteiger partial charge in [-0.05, 0) is 32.3 Å². The molecule has 0 N–H and O–H groups in total. The summed E-state index contributed by atoms with van der Waals surface area (Å²) in [6.07, 6.45) is 5.79. The summed E-state index contributed by atoms with van der Waals surface area (Å²) in [6, 6.07) is 2.28. The van der Waals surface area contributed by atoms with Gasteiger partial charge < -0.3 is 9.64 Å². The maximum atomic E-state index is 12.7. The molecular formula is C19H33N5O4S. The lowest BCUT2D eigenvalue weighted by molar-refractivity contribution is 0.0157. The lowest BCUT2D eigenvalue weighted by atomic mass is 10.0. The molecule has 1 unspecified atom stereocenters. The number of nitrogens with zero attached hydrogens (tertiary/aromatic N) is 5. The third-order valence-electron chi connectivity index (χ3n) is 5.95.